The number of carbonyl (C=O) groups excluding carboxylic acids is 1. The van der Waals surface area contributed by atoms with Crippen molar-refractivity contribution < 1.29 is 4.79 Å². The first-order valence-electron chi connectivity index (χ1n) is 10.3. The molecule has 3 aromatic carbocycles. The van der Waals surface area contributed by atoms with Gasteiger partial charge in [-0.25, -0.2) is 0 Å². The normalized spacial score (nSPS) is 11.1. The number of amides is 1. The van der Waals surface area contributed by atoms with Crippen LogP contribution in [0.25, 0.3) is 10.9 Å². The molecule has 0 atom stereocenters. The van der Waals surface area contributed by atoms with Crippen LogP contribution in [-0.2, 0) is 0 Å². The fourth-order valence-corrected chi connectivity index (χ4v) is 3.28. The van der Waals surface area contributed by atoms with E-state index in [1.807, 2.05) is 60.7 Å². The highest BCUT2D eigenvalue weighted by Gasteiger charge is 2.08. The van der Waals surface area contributed by atoms with Crippen LogP contribution in [0.5, 0.6) is 0 Å². The second-order valence-corrected chi connectivity index (χ2v) is 7.32. The number of rotatable bonds is 6. The number of nitrogens with two attached hydrogens (primary N) is 2. The zero-order valence-electron chi connectivity index (χ0n) is 18.0. The number of hydrogen-bond donors (Lipinski definition) is 4. The maximum Gasteiger partial charge on any atom is 0.255 e. The van der Waals surface area contributed by atoms with E-state index in [0.29, 0.717) is 17.0 Å². The van der Waals surface area contributed by atoms with Gasteiger partial charge in [0.15, 0.2) is 0 Å². The first-order valence-corrected chi connectivity index (χ1v) is 10.3. The number of benzene rings is 3. The van der Waals surface area contributed by atoms with Crippen LogP contribution in [-0.4, -0.2) is 22.6 Å². The molecule has 0 aliphatic heterocycles. The number of nitrogens with zero attached hydrogens (tertiary/aromatic N) is 3. The first-order chi connectivity index (χ1) is 16.0. The summed E-state index contributed by atoms with van der Waals surface area (Å²) in [6.07, 6.45) is 1.77. The summed E-state index contributed by atoms with van der Waals surface area (Å²) in [6.45, 7) is 1.78. The third-order valence-corrected chi connectivity index (χ3v) is 4.93. The molecule has 164 valence electrons. The molecule has 1 aromatic heterocycles. The van der Waals surface area contributed by atoms with E-state index in [1.54, 1.807) is 31.3 Å². The van der Waals surface area contributed by atoms with Crippen molar-refractivity contribution in [3.8, 4) is 0 Å². The molecule has 4 aromatic rings. The van der Waals surface area contributed by atoms with Crippen LogP contribution in [0.15, 0.2) is 95.3 Å². The molecule has 0 saturated carbocycles. The first kappa shape index (κ1) is 21.5. The van der Waals surface area contributed by atoms with Gasteiger partial charge in [0.1, 0.15) is 0 Å². The molecule has 1 heterocycles. The van der Waals surface area contributed by atoms with Gasteiger partial charge in [0.05, 0.1) is 11.2 Å². The summed E-state index contributed by atoms with van der Waals surface area (Å²) in [5.41, 5.74) is 16.0. The Labute approximate surface area is 191 Å². The predicted octanol–water partition coefficient (Wildman–Crippen LogP) is 4.23. The van der Waals surface area contributed by atoms with Crippen molar-refractivity contribution in [1.82, 2.24) is 4.98 Å². The number of fused-ring (bicyclic) bond motifs is 1. The van der Waals surface area contributed by atoms with Gasteiger partial charge in [-0.05, 0) is 61.0 Å². The number of anilines is 3. The molecule has 0 aliphatic carbocycles. The molecule has 4 rings (SSSR count). The predicted molar refractivity (Wildman–Crippen MR) is 134 cm³/mol. The number of para-hydroxylation sites is 1. The Kier molecular flexibility index (Phi) is 6.26. The largest absolute Gasteiger partial charge is 0.369 e. The average molecular weight is 438 g/mol. The molecule has 0 aliphatic rings. The van der Waals surface area contributed by atoms with Crippen molar-refractivity contribution in [2.45, 2.75) is 6.92 Å². The minimum absolute atomic E-state index is 0.117. The molecule has 0 spiro atoms. The minimum Gasteiger partial charge on any atom is -0.369 e. The number of carbonyl (C=O) groups is 1. The SMILES string of the molecule is CC(=NN=C(N)N)c1cccc(NC(=O)c2ccc(Nc3ccnc4ccccc34)cc2)c1. The average Bonchev–Trinajstić information content (AvgIpc) is 2.83. The van der Waals surface area contributed by atoms with Gasteiger partial charge in [0.25, 0.3) is 5.91 Å². The number of hydrogen-bond acceptors (Lipinski definition) is 5. The molecule has 6 N–H and O–H groups in total. The van der Waals surface area contributed by atoms with Crippen LogP contribution in [0, 0.1) is 0 Å². The lowest BCUT2D eigenvalue weighted by atomic mass is 10.1. The molecule has 0 unspecified atom stereocenters. The lowest BCUT2D eigenvalue weighted by Gasteiger charge is -2.11. The summed E-state index contributed by atoms with van der Waals surface area (Å²) in [7, 11) is 0. The van der Waals surface area contributed by atoms with Crippen LogP contribution >= 0.6 is 0 Å². The van der Waals surface area contributed by atoms with E-state index in [4.69, 9.17) is 11.5 Å². The molecule has 1 amide bonds. The second kappa shape index (κ2) is 9.61. The number of guanidine groups is 1. The van der Waals surface area contributed by atoms with Crippen LogP contribution in [0.4, 0.5) is 17.1 Å². The van der Waals surface area contributed by atoms with Gasteiger partial charge < -0.3 is 22.1 Å². The topological polar surface area (TPSA) is 131 Å². The minimum atomic E-state index is -0.216. The number of pyridine rings is 1. The fourth-order valence-electron chi connectivity index (χ4n) is 3.28. The second-order valence-electron chi connectivity index (χ2n) is 7.32. The molecule has 8 heteroatoms. The van der Waals surface area contributed by atoms with Crippen molar-refractivity contribution in [2.75, 3.05) is 10.6 Å². The van der Waals surface area contributed by atoms with Gasteiger partial charge in [-0.2, -0.15) is 5.10 Å². The summed E-state index contributed by atoms with van der Waals surface area (Å²) in [4.78, 5) is 17.1. The highest BCUT2D eigenvalue weighted by Crippen LogP contribution is 2.25. The molecule has 33 heavy (non-hydrogen) atoms. The molecule has 8 nitrogen and oxygen atoms in total. The molecule has 0 radical (unpaired) electrons. The maximum atomic E-state index is 12.7. The van der Waals surface area contributed by atoms with E-state index >= 15 is 0 Å². The van der Waals surface area contributed by atoms with Crippen molar-refractivity contribution in [1.29, 1.82) is 0 Å². The van der Waals surface area contributed by atoms with E-state index in [0.717, 1.165) is 27.8 Å². The van der Waals surface area contributed by atoms with Crippen molar-refractivity contribution in [2.24, 2.45) is 21.7 Å². The Morgan fingerprint density at radius 1 is 0.848 bits per heavy atom. The summed E-state index contributed by atoms with van der Waals surface area (Å²) in [5, 5.41) is 14.9. The van der Waals surface area contributed by atoms with Gasteiger partial charge in [0, 0.05) is 34.2 Å². The monoisotopic (exact) mass is 437 g/mol. The Morgan fingerprint density at radius 3 is 2.42 bits per heavy atom. The zero-order valence-corrected chi connectivity index (χ0v) is 18.0. The van der Waals surface area contributed by atoms with Crippen LogP contribution in [0.1, 0.15) is 22.8 Å². The highest BCUT2D eigenvalue weighted by molar-refractivity contribution is 6.06. The van der Waals surface area contributed by atoms with Crippen molar-refractivity contribution in [3.05, 3.63) is 96.2 Å². The van der Waals surface area contributed by atoms with Crippen LogP contribution in [0.2, 0.25) is 0 Å². The summed E-state index contributed by atoms with van der Waals surface area (Å²) in [5.74, 6) is -0.333. The summed E-state index contributed by atoms with van der Waals surface area (Å²) >= 11 is 0. The summed E-state index contributed by atoms with van der Waals surface area (Å²) in [6, 6.07) is 24.4. The fraction of sp³-hybridized carbons (Fsp3) is 0.0400. The molecule has 0 bridgehead atoms. The maximum absolute atomic E-state index is 12.7. The molecule has 0 fully saturated rings. The zero-order chi connectivity index (χ0) is 23.2. The molecular formula is C25H23N7O. The van der Waals surface area contributed by atoms with E-state index in [1.165, 1.54) is 0 Å². The Hall–Kier alpha value is -4.72. The third-order valence-electron chi connectivity index (χ3n) is 4.93. The Bertz CT molecular complexity index is 1350. The summed E-state index contributed by atoms with van der Waals surface area (Å²) < 4.78 is 0. The van der Waals surface area contributed by atoms with Gasteiger partial charge in [0.2, 0.25) is 5.96 Å². The Morgan fingerprint density at radius 2 is 1.64 bits per heavy atom. The lowest BCUT2D eigenvalue weighted by Crippen LogP contribution is -2.22. The van der Waals surface area contributed by atoms with Gasteiger partial charge >= 0.3 is 0 Å². The molecular weight excluding hydrogens is 414 g/mol. The van der Waals surface area contributed by atoms with Gasteiger partial charge in [-0.15, -0.1) is 5.10 Å². The van der Waals surface area contributed by atoms with Crippen LogP contribution in [0.3, 0.4) is 0 Å². The number of nitrogens with one attached hydrogen (secondary N) is 2. The van der Waals surface area contributed by atoms with Gasteiger partial charge in [-0.3, -0.25) is 9.78 Å². The lowest BCUT2D eigenvalue weighted by molar-refractivity contribution is 0.102. The van der Waals surface area contributed by atoms with E-state index in [9.17, 15) is 4.79 Å². The standard InChI is InChI=1S/C25H23N7O/c1-16(31-32-25(26)27)18-5-4-6-20(15-18)30-24(33)17-9-11-19(12-10-17)29-23-13-14-28-22-8-3-2-7-21(22)23/h2-15H,1H3,(H,28,29)(H,30,33)(H4,26,27,32). The van der Waals surface area contributed by atoms with Crippen molar-refractivity contribution >= 4 is 45.5 Å². The van der Waals surface area contributed by atoms with Crippen molar-refractivity contribution in [3.63, 3.8) is 0 Å². The number of aromatic nitrogens is 1. The van der Waals surface area contributed by atoms with Gasteiger partial charge in [-0.1, -0.05) is 30.3 Å². The smallest absolute Gasteiger partial charge is 0.255 e. The van der Waals surface area contributed by atoms with Crippen LogP contribution < -0.4 is 22.1 Å². The highest BCUT2D eigenvalue weighted by atomic mass is 16.1. The molecule has 0 saturated heterocycles. The Balaban J connectivity index is 1.46. The van der Waals surface area contributed by atoms with E-state index in [2.05, 4.69) is 25.8 Å². The van der Waals surface area contributed by atoms with E-state index < -0.39 is 0 Å². The third kappa shape index (κ3) is 5.31. The van der Waals surface area contributed by atoms with E-state index in [-0.39, 0.29) is 11.9 Å². The quantitative estimate of drug-likeness (QED) is 0.204.